The van der Waals surface area contributed by atoms with Gasteiger partial charge in [-0.05, 0) is 18.9 Å². The normalized spacial score (nSPS) is 34.1. The van der Waals surface area contributed by atoms with E-state index in [1.54, 1.807) is 12.3 Å². The molecule has 110 valence electrons. The molecule has 3 rings (SSSR count). The van der Waals surface area contributed by atoms with E-state index in [1.807, 2.05) is 6.08 Å². The number of piperazine rings is 1. The molecule has 3 aliphatic rings. The molecule has 2 heterocycles. The molecule has 2 aliphatic heterocycles. The van der Waals surface area contributed by atoms with E-state index in [1.165, 1.54) is 5.31 Å². The van der Waals surface area contributed by atoms with Crippen molar-refractivity contribution in [3.05, 3.63) is 24.0 Å². The topological polar surface area (TPSA) is 76.6 Å². The number of aliphatic hydroxyl groups excluding tert-OH is 1. The number of nitrogens with one attached hydrogen (secondary N) is 3. The second-order valence-corrected chi connectivity index (χ2v) is 5.57. The lowest BCUT2D eigenvalue weighted by Gasteiger charge is -2.34. The molecule has 1 unspecified atom stereocenters. The van der Waals surface area contributed by atoms with Crippen molar-refractivity contribution in [2.75, 3.05) is 26.2 Å². The molecule has 0 bridgehead atoms. The predicted octanol–water partition coefficient (Wildman–Crippen LogP) is -1.10. The molecule has 6 nitrogen and oxygen atoms in total. The maximum Gasteiger partial charge on any atom is 0.246 e. The van der Waals surface area contributed by atoms with Crippen molar-refractivity contribution in [2.45, 2.75) is 31.0 Å². The number of carbonyl (C=O) groups excluding carboxylic acids is 1. The minimum Gasteiger partial charge on any atom is -0.393 e. The van der Waals surface area contributed by atoms with Gasteiger partial charge in [-0.25, -0.2) is 0 Å². The van der Waals surface area contributed by atoms with Gasteiger partial charge in [0.05, 0.1) is 11.8 Å². The quantitative estimate of drug-likeness (QED) is 0.528. The van der Waals surface area contributed by atoms with E-state index >= 15 is 0 Å². The summed E-state index contributed by atoms with van der Waals surface area (Å²) in [6, 6.07) is -0.540. The number of nitrogens with zero attached hydrogens (tertiary/aromatic N) is 1. The van der Waals surface area contributed by atoms with Crippen LogP contribution in [0.5, 0.6) is 0 Å². The van der Waals surface area contributed by atoms with Crippen LogP contribution in [-0.4, -0.2) is 60.3 Å². The summed E-state index contributed by atoms with van der Waals surface area (Å²) in [5.74, 6) is -0.172. The van der Waals surface area contributed by atoms with Crippen LogP contribution < -0.4 is 15.9 Å². The van der Waals surface area contributed by atoms with Gasteiger partial charge in [0.1, 0.15) is 6.04 Å². The molecule has 1 saturated carbocycles. The lowest BCUT2D eigenvalue weighted by atomic mass is 9.89. The highest BCUT2D eigenvalue weighted by Crippen LogP contribution is 2.19. The lowest BCUT2D eigenvalue weighted by molar-refractivity contribution is -0.123. The Morgan fingerprint density at radius 1 is 1.45 bits per heavy atom. The van der Waals surface area contributed by atoms with E-state index in [-0.39, 0.29) is 18.1 Å². The Labute approximate surface area is 120 Å². The number of dihydropyridines is 1. The summed E-state index contributed by atoms with van der Waals surface area (Å²) < 4.78 is 8.02. The molecule has 0 aromatic rings. The number of carbonyl (C=O) groups is 1. The summed E-state index contributed by atoms with van der Waals surface area (Å²) in [4.78, 5) is 14.4. The molecule has 1 saturated heterocycles. The molecule has 20 heavy (non-hydrogen) atoms. The van der Waals surface area contributed by atoms with E-state index in [0.717, 1.165) is 31.9 Å². The smallest absolute Gasteiger partial charge is 0.246 e. The van der Waals surface area contributed by atoms with Gasteiger partial charge in [0.15, 0.2) is 1.41 Å². The number of hydrogen-bond acceptors (Lipinski definition) is 5. The van der Waals surface area contributed by atoms with E-state index in [0.29, 0.717) is 12.8 Å². The van der Waals surface area contributed by atoms with Gasteiger partial charge in [-0.2, -0.15) is 0 Å². The van der Waals surface area contributed by atoms with Crippen molar-refractivity contribution in [3.63, 3.8) is 0 Å². The predicted molar refractivity (Wildman–Crippen MR) is 75.8 cm³/mol. The minimum atomic E-state index is -0.589. The zero-order chi connectivity index (χ0) is 14.8. The molecule has 0 aromatic heterocycles. The number of aliphatic hydroxyl groups is 1. The van der Waals surface area contributed by atoms with E-state index in [2.05, 4.69) is 15.5 Å². The van der Waals surface area contributed by atoms with Gasteiger partial charge < -0.3 is 25.9 Å². The Kier molecular flexibility index (Phi) is 3.57. The summed E-state index contributed by atoms with van der Waals surface area (Å²) in [6.45, 7) is 3.72. The van der Waals surface area contributed by atoms with Crippen molar-refractivity contribution in [2.24, 2.45) is 0 Å². The Bertz CT molecular complexity index is 456. The molecule has 4 N–H and O–H groups in total. The van der Waals surface area contributed by atoms with E-state index in [4.69, 9.17) is 1.41 Å². The first-order chi connectivity index (χ1) is 10.1. The van der Waals surface area contributed by atoms with Crippen LogP contribution in [-0.2, 0) is 4.79 Å². The van der Waals surface area contributed by atoms with Crippen molar-refractivity contribution >= 4 is 5.91 Å². The first kappa shape index (κ1) is 12.2. The van der Waals surface area contributed by atoms with Crippen molar-refractivity contribution in [1.29, 1.82) is 0 Å². The Hall–Kier alpha value is -1.53. The van der Waals surface area contributed by atoms with Crippen LogP contribution in [0, 0.1) is 0 Å². The van der Waals surface area contributed by atoms with Gasteiger partial charge >= 0.3 is 0 Å². The number of allylic oxidation sites excluding steroid dienone is 1. The highest BCUT2D eigenvalue weighted by molar-refractivity contribution is 5.84. The first-order valence-electron chi connectivity index (χ1n) is 7.69. The maximum atomic E-state index is 12.1. The standard InChI is InChI=1S/C14H22N4O2/c19-12-7-10(8-12)17-14(20)13-2-1-11(9-16-13)18-5-3-15-4-6-18/h1-2,9-10,12-13,15-16,19H,3-8H2,(H,17,20)/i/hD. The third-order valence-corrected chi connectivity index (χ3v) is 4.03. The van der Waals surface area contributed by atoms with Gasteiger partial charge in [0.2, 0.25) is 5.91 Å². The first-order valence-corrected chi connectivity index (χ1v) is 7.25. The van der Waals surface area contributed by atoms with Gasteiger partial charge in [-0.3, -0.25) is 4.79 Å². The number of rotatable bonds is 3. The van der Waals surface area contributed by atoms with Gasteiger partial charge in [-0.1, -0.05) is 6.08 Å². The summed E-state index contributed by atoms with van der Waals surface area (Å²) in [7, 11) is 0. The van der Waals surface area contributed by atoms with E-state index in [9.17, 15) is 9.90 Å². The average molecular weight is 279 g/mol. The summed E-state index contributed by atoms with van der Waals surface area (Å²) in [6.07, 6.45) is 6.35. The Morgan fingerprint density at radius 2 is 2.20 bits per heavy atom. The summed E-state index contributed by atoms with van der Waals surface area (Å²) >= 11 is 0. The zero-order valence-electron chi connectivity index (χ0n) is 12.5. The SMILES string of the molecule is [2H]N1C=C(N2CCNCC2)C=CC1C(=O)NC1CC(O)C1. The highest BCUT2D eigenvalue weighted by Gasteiger charge is 2.30. The Morgan fingerprint density at radius 3 is 2.85 bits per heavy atom. The number of amides is 1. The minimum absolute atomic E-state index is 0.0489. The molecule has 0 spiro atoms. The van der Waals surface area contributed by atoms with Crippen LogP contribution in [0.2, 0.25) is 1.41 Å². The van der Waals surface area contributed by atoms with Crippen LogP contribution in [0.15, 0.2) is 24.0 Å². The van der Waals surface area contributed by atoms with Gasteiger partial charge in [-0.15, -0.1) is 0 Å². The molecule has 0 aromatic carbocycles. The highest BCUT2D eigenvalue weighted by atomic mass is 16.3. The molecule has 0 radical (unpaired) electrons. The molecule has 2 fully saturated rings. The van der Waals surface area contributed by atoms with Crippen LogP contribution in [0.3, 0.4) is 0 Å². The second kappa shape index (κ2) is 5.85. The molecule has 1 aliphatic carbocycles. The molecule has 1 atom stereocenters. The molecule has 1 amide bonds. The zero-order valence-corrected chi connectivity index (χ0v) is 11.5. The fourth-order valence-electron chi connectivity index (χ4n) is 2.70. The average Bonchev–Trinajstić information content (AvgIpc) is 2.46. The fourth-order valence-corrected chi connectivity index (χ4v) is 2.70. The third kappa shape index (κ3) is 2.96. The lowest BCUT2D eigenvalue weighted by Crippen LogP contribution is -2.52. The maximum absolute atomic E-state index is 12.1. The third-order valence-electron chi connectivity index (χ3n) is 4.03. The molecular weight excluding hydrogens is 256 g/mol. The van der Waals surface area contributed by atoms with E-state index < -0.39 is 6.04 Å². The summed E-state index contributed by atoms with van der Waals surface area (Å²) in [5, 5.41) is 16.6. The van der Waals surface area contributed by atoms with Gasteiger partial charge in [0.25, 0.3) is 0 Å². The molecule has 6 heteroatoms. The number of hydrogen-bond donors (Lipinski definition) is 4. The van der Waals surface area contributed by atoms with Gasteiger partial charge in [0, 0.05) is 38.4 Å². The van der Waals surface area contributed by atoms with Crippen LogP contribution in [0.25, 0.3) is 0 Å². The second-order valence-electron chi connectivity index (χ2n) is 5.57. The van der Waals surface area contributed by atoms with Crippen LogP contribution >= 0.6 is 0 Å². The monoisotopic (exact) mass is 279 g/mol. The summed E-state index contributed by atoms with van der Waals surface area (Å²) in [5.41, 5.74) is 0.981. The van der Waals surface area contributed by atoms with Crippen molar-refractivity contribution in [3.8, 4) is 0 Å². The largest absolute Gasteiger partial charge is 0.393 e. The van der Waals surface area contributed by atoms with Crippen LogP contribution in [0.4, 0.5) is 0 Å². The Balaban J connectivity index is 1.56. The van der Waals surface area contributed by atoms with Crippen molar-refractivity contribution < 1.29 is 11.3 Å². The van der Waals surface area contributed by atoms with Crippen LogP contribution in [0.1, 0.15) is 12.8 Å². The molecular formula is C14H22N4O2. The fraction of sp³-hybridized carbons (Fsp3) is 0.643. The van der Waals surface area contributed by atoms with Crippen molar-refractivity contribution in [1.82, 2.24) is 20.8 Å².